The summed E-state index contributed by atoms with van der Waals surface area (Å²) in [6, 6.07) is 12.7. The number of nitro benzene ring substituents is 1. The summed E-state index contributed by atoms with van der Waals surface area (Å²) in [5.41, 5.74) is 1.62. The molecule has 2 aromatic carbocycles. The van der Waals surface area contributed by atoms with Crippen LogP contribution in [0.5, 0.6) is 0 Å². The predicted molar refractivity (Wildman–Crippen MR) is 111 cm³/mol. The number of hydrogen-bond donors (Lipinski definition) is 1. The molecule has 0 aromatic heterocycles. The molecular weight excluding hydrogens is 398 g/mol. The number of anilines is 1. The topological polar surface area (TPSA) is 85.0 Å². The summed E-state index contributed by atoms with van der Waals surface area (Å²) in [6.07, 6.45) is 3.11. The van der Waals surface area contributed by atoms with Gasteiger partial charge in [-0.2, -0.15) is 0 Å². The number of rotatable bonds is 6. The van der Waals surface area contributed by atoms with Crippen molar-refractivity contribution in [2.24, 2.45) is 0 Å². The number of quaternary nitrogens is 1. The van der Waals surface area contributed by atoms with Gasteiger partial charge in [0, 0.05) is 22.8 Å². The molecule has 7 nitrogen and oxygen atoms in total. The molecule has 0 unspecified atom stereocenters. The maximum absolute atomic E-state index is 11.7. The molecule has 1 fully saturated rings. The fourth-order valence-corrected chi connectivity index (χ4v) is 4.47. The highest BCUT2D eigenvalue weighted by Crippen LogP contribution is 2.30. The zero-order valence-electron chi connectivity index (χ0n) is 15.9. The zero-order chi connectivity index (χ0) is 20.3. The van der Waals surface area contributed by atoms with E-state index >= 15 is 0 Å². The Hall–Kier alpha value is -2.10. The highest BCUT2D eigenvalue weighted by atomic mass is 32.2. The van der Waals surface area contributed by atoms with E-state index in [1.807, 2.05) is 4.90 Å². The van der Waals surface area contributed by atoms with Crippen molar-refractivity contribution < 1.29 is 18.2 Å². The van der Waals surface area contributed by atoms with Gasteiger partial charge in [-0.1, -0.05) is 12.1 Å². The molecular formula is C19H24N3O4S2+. The first kappa shape index (κ1) is 20.6. The number of nitro groups is 1. The van der Waals surface area contributed by atoms with Gasteiger partial charge in [-0.3, -0.25) is 10.1 Å². The second-order valence-electron chi connectivity index (χ2n) is 6.94. The van der Waals surface area contributed by atoms with Crippen LogP contribution in [-0.2, 0) is 16.4 Å². The lowest BCUT2D eigenvalue weighted by atomic mass is 10.2. The number of benzene rings is 2. The summed E-state index contributed by atoms with van der Waals surface area (Å²) in [5.74, 6) is 0. The maximum atomic E-state index is 11.7. The molecule has 1 aliphatic rings. The summed E-state index contributed by atoms with van der Waals surface area (Å²) in [6.45, 7) is 4.05. The summed E-state index contributed by atoms with van der Waals surface area (Å²) >= 11 is 1.72. The molecule has 28 heavy (non-hydrogen) atoms. The van der Waals surface area contributed by atoms with E-state index in [0.717, 1.165) is 32.0 Å². The van der Waals surface area contributed by atoms with Crippen LogP contribution < -0.4 is 9.80 Å². The molecule has 0 atom stereocenters. The number of nitrogens with zero attached hydrogens (tertiary/aromatic N) is 2. The van der Waals surface area contributed by atoms with Gasteiger partial charge >= 0.3 is 0 Å². The molecule has 0 spiro atoms. The van der Waals surface area contributed by atoms with Crippen LogP contribution in [0.2, 0.25) is 0 Å². The molecule has 1 N–H and O–H groups in total. The van der Waals surface area contributed by atoms with Crippen LogP contribution in [0.25, 0.3) is 0 Å². The van der Waals surface area contributed by atoms with Crippen LogP contribution in [0, 0.1) is 10.1 Å². The monoisotopic (exact) mass is 422 g/mol. The summed E-state index contributed by atoms with van der Waals surface area (Å²) in [4.78, 5) is 15.6. The van der Waals surface area contributed by atoms with Crippen LogP contribution in [0.15, 0.2) is 52.3 Å². The number of nitrogens with one attached hydrogen (secondary N) is 1. The third kappa shape index (κ3) is 4.84. The van der Waals surface area contributed by atoms with E-state index in [-0.39, 0.29) is 10.6 Å². The quantitative estimate of drug-likeness (QED) is 0.433. The molecule has 0 bridgehead atoms. The Labute approximate surface area is 169 Å². The molecule has 0 saturated carbocycles. The van der Waals surface area contributed by atoms with Gasteiger partial charge in [0.2, 0.25) is 0 Å². The van der Waals surface area contributed by atoms with E-state index in [9.17, 15) is 18.5 Å². The lowest BCUT2D eigenvalue weighted by Crippen LogP contribution is -3.13. The standard InChI is InChI=1S/C19H23N3O4S2/c1-27-16-5-3-15(4-6-16)14-20-9-11-21(12-10-20)18-8-7-17(28(2,25)26)13-19(18)22(23)24/h3-8,13H,9-12,14H2,1-2H3/p+1. The number of piperazine rings is 1. The highest BCUT2D eigenvalue weighted by Gasteiger charge is 2.27. The molecule has 150 valence electrons. The van der Waals surface area contributed by atoms with Gasteiger partial charge in [-0.15, -0.1) is 11.8 Å². The van der Waals surface area contributed by atoms with Crippen molar-refractivity contribution in [2.75, 3.05) is 43.6 Å². The van der Waals surface area contributed by atoms with Crippen molar-refractivity contribution in [3.63, 3.8) is 0 Å². The fraction of sp³-hybridized carbons (Fsp3) is 0.368. The average molecular weight is 423 g/mol. The Morgan fingerprint density at radius 2 is 1.79 bits per heavy atom. The predicted octanol–water partition coefficient (Wildman–Crippen LogP) is 1.63. The van der Waals surface area contributed by atoms with Gasteiger partial charge in [-0.05, 0) is 30.5 Å². The Balaban J connectivity index is 1.69. The molecule has 9 heteroatoms. The molecule has 0 aliphatic carbocycles. The lowest BCUT2D eigenvalue weighted by Gasteiger charge is -2.33. The minimum atomic E-state index is -3.48. The van der Waals surface area contributed by atoms with Crippen molar-refractivity contribution in [1.82, 2.24) is 0 Å². The summed E-state index contributed by atoms with van der Waals surface area (Å²) < 4.78 is 23.4. The van der Waals surface area contributed by atoms with E-state index in [0.29, 0.717) is 18.8 Å². The van der Waals surface area contributed by atoms with Crippen molar-refractivity contribution in [1.29, 1.82) is 0 Å². The van der Waals surface area contributed by atoms with Gasteiger partial charge in [-0.25, -0.2) is 8.42 Å². The Morgan fingerprint density at radius 1 is 1.14 bits per heavy atom. The van der Waals surface area contributed by atoms with Crippen molar-refractivity contribution in [3.8, 4) is 0 Å². The lowest BCUT2D eigenvalue weighted by molar-refractivity contribution is -0.914. The molecule has 1 aliphatic heterocycles. The number of hydrogen-bond acceptors (Lipinski definition) is 6. The molecule has 0 amide bonds. The zero-order valence-corrected chi connectivity index (χ0v) is 17.6. The average Bonchev–Trinajstić information content (AvgIpc) is 2.68. The minimum absolute atomic E-state index is 0.0269. The van der Waals surface area contributed by atoms with Crippen molar-refractivity contribution >= 4 is 33.0 Å². The van der Waals surface area contributed by atoms with E-state index in [1.165, 1.54) is 21.4 Å². The number of sulfone groups is 1. The van der Waals surface area contributed by atoms with Crippen LogP contribution in [-0.4, -0.2) is 52.0 Å². The van der Waals surface area contributed by atoms with E-state index < -0.39 is 14.8 Å². The van der Waals surface area contributed by atoms with Crippen LogP contribution in [0.1, 0.15) is 5.56 Å². The van der Waals surface area contributed by atoms with Crippen LogP contribution in [0.3, 0.4) is 0 Å². The van der Waals surface area contributed by atoms with Crippen LogP contribution >= 0.6 is 11.8 Å². The second kappa shape index (κ2) is 8.50. The molecule has 1 heterocycles. The summed E-state index contributed by atoms with van der Waals surface area (Å²) in [7, 11) is -3.48. The molecule has 1 saturated heterocycles. The van der Waals surface area contributed by atoms with Crippen LogP contribution in [0.4, 0.5) is 11.4 Å². The molecule has 2 aromatic rings. The third-order valence-electron chi connectivity index (χ3n) is 5.00. The highest BCUT2D eigenvalue weighted by molar-refractivity contribution is 7.98. The minimum Gasteiger partial charge on any atom is -0.355 e. The Morgan fingerprint density at radius 3 is 2.32 bits per heavy atom. The Kier molecular flexibility index (Phi) is 6.26. The third-order valence-corrected chi connectivity index (χ3v) is 6.85. The molecule has 0 radical (unpaired) electrons. The molecule has 3 rings (SSSR count). The smallest absolute Gasteiger partial charge is 0.293 e. The van der Waals surface area contributed by atoms with Crippen molar-refractivity contribution in [2.45, 2.75) is 16.3 Å². The van der Waals surface area contributed by atoms with Gasteiger partial charge in [0.15, 0.2) is 9.84 Å². The fourth-order valence-electron chi connectivity index (χ4n) is 3.42. The van der Waals surface area contributed by atoms with Gasteiger partial charge in [0.1, 0.15) is 12.2 Å². The van der Waals surface area contributed by atoms with E-state index in [4.69, 9.17) is 0 Å². The number of thioether (sulfide) groups is 1. The van der Waals surface area contributed by atoms with Gasteiger partial charge in [0.25, 0.3) is 5.69 Å². The second-order valence-corrected chi connectivity index (χ2v) is 9.84. The van der Waals surface area contributed by atoms with E-state index in [1.54, 1.807) is 17.8 Å². The first-order chi connectivity index (χ1) is 13.3. The maximum Gasteiger partial charge on any atom is 0.293 e. The first-order valence-electron chi connectivity index (χ1n) is 8.98. The SMILES string of the molecule is CSc1ccc(C[NH+]2CCN(c3ccc(S(C)(=O)=O)cc3[N+](=O)[O-])CC2)cc1. The summed E-state index contributed by atoms with van der Waals surface area (Å²) in [5, 5.41) is 11.5. The van der Waals surface area contributed by atoms with Gasteiger partial charge < -0.3 is 9.80 Å². The Bertz CT molecular complexity index is 954. The van der Waals surface area contributed by atoms with E-state index in [2.05, 4.69) is 30.5 Å². The first-order valence-corrected chi connectivity index (χ1v) is 12.1. The largest absolute Gasteiger partial charge is 0.355 e. The normalized spacial score (nSPS) is 15.6. The van der Waals surface area contributed by atoms with Gasteiger partial charge in [0.05, 0.1) is 36.0 Å². The van der Waals surface area contributed by atoms with Crippen molar-refractivity contribution in [3.05, 3.63) is 58.1 Å².